The summed E-state index contributed by atoms with van der Waals surface area (Å²) in [6.45, 7) is 1.03. The second-order valence-corrected chi connectivity index (χ2v) is 3.91. The summed E-state index contributed by atoms with van der Waals surface area (Å²) < 4.78 is 1.80. The second kappa shape index (κ2) is 5.97. The third-order valence-corrected chi connectivity index (χ3v) is 2.49. The molecule has 2 N–H and O–H groups in total. The summed E-state index contributed by atoms with van der Waals surface area (Å²) in [5, 5.41) is 15.9. The van der Waals surface area contributed by atoms with E-state index in [2.05, 4.69) is 10.4 Å². The van der Waals surface area contributed by atoms with Crippen LogP contribution in [0.5, 0.6) is 0 Å². The first-order valence-corrected chi connectivity index (χ1v) is 5.78. The Hall–Kier alpha value is -2.14. The number of carboxylic acids is 1. The predicted octanol–water partition coefficient (Wildman–Crippen LogP) is 1.44. The van der Waals surface area contributed by atoms with Gasteiger partial charge in [-0.05, 0) is 18.2 Å². The molecule has 0 amide bonds. The molecule has 0 unspecified atom stereocenters. The lowest BCUT2D eigenvalue weighted by atomic mass is 10.3. The number of hydrogen-bond acceptors (Lipinski definition) is 3. The molecular weight excluding hydrogens is 230 g/mol. The molecule has 0 saturated heterocycles. The molecule has 5 nitrogen and oxygen atoms in total. The van der Waals surface area contributed by atoms with Crippen molar-refractivity contribution < 1.29 is 9.90 Å². The van der Waals surface area contributed by atoms with Gasteiger partial charge in [0.05, 0.1) is 17.8 Å². The molecule has 1 aromatic carbocycles. The molecule has 0 spiro atoms. The van der Waals surface area contributed by atoms with Gasteiger partial charge >= 0.3 is 5.97 Å². The molecule has 1 aromatic heterocycles. The summed E-state index contributed by atoms with van der Waals surface area (Å²) in [5.41, 5.74) is 1.90. The molecule has 94 valence electrons. The summed E-state index contributed by atoms with van der Waals surface area (Å²) in [4.78, 5) is 10.3. The van der Waals surface area contributed by atoms with Gasteiger partial charge in [-0.25, -0.2) is 4.68 Å². The average molecular weight is 245 g/mol. The van der Waals surface area contributed by atoms with Crippen LogP contribution in [0.4, 0.5) is 0 Å². The van der Waals surface area contributed by atoms with Crippen molar-refractivity contribution in [3.05, 3.63) is 48.3 Å². The fourth-order valence-corrected chi connectivity index (χ4v) is 1.59. The number of rotatable bonds is 6. The lowest BCUT2D eigenvalue weighted by Crippen LogP contribution is -2.18. The largest absolute Gasteiger partial charge is 0.481 e. The van der Waals surface area contributed by atoms with E-state index in [-0.39, 0.29) is 6.42 Å². The molecule has 2 aromatic rings. The van der Waals surface area contributed by atoms with Crippen molar-refractivity contribution in [2.24, 2.45) is 0 Å². The molecule has 1 heterocycles. The summed E-state index contributed by atoms with van der Waals surface area (Å²) in [7, 11) is 0. The van der Waals surface area contributed by atoms with Crippen LogP contribution in [0.25, 0.3) is 5.69 Å². The minimum atomic E-state index is -0.794. The molecule has 2 rings (SSSR count). The molecule has 0 bridgehead atoms. The Kier molecular flexibility index (Phi) is 4.09. The average Bonchev–Trinajstić information content (AvgIpc) is 2.84. The smallest absolute Gasteiger partial charge is 0.304 e. The van der Waals surface area contributed by atoms with Gasteiger partial charge in [0.1, 0.15) is 0 Å². The van der Waals surface area contributed by atoms with E-state index in [9.17, 15) is 4.79 Å². The number of hydrogen-bond donors (Lipinski definition) is 2. The highest BCUT2D eigenvalue weighted by molar-refractivity contribution is 5.66. The molecule has 0 saturated carbocycles. The van der Waals surface area contributed by atoms with Crippen molar-refractivity contribution in [3.8, 4) is 5.69 Å². The number of nitrogens with one attached hydrogen (secondary N) is 1. The predicted molar refractivity (Wildman–Crippen MR) is 67.5 cm³/mol. The monoisotopic (exact) mass is 245 g/mol. The number of para-hydroxylation sites is 1. The van der Waals surface area contributed by atoms with Crippen molar-refractivity contribution in [2.75, 3.05) is 6.54 Å². The van der Waals surface area contributed by atoms with Crippen LogP contribution in [0.2, 0.25) is 0 Å². The minimum Gasteiger partial charge on any atom is -0.481 e. The molecule has 0 aliphatic carbocycles. The highest BCUT2D eigenvalue weighted by Gasteiger charge is 2.01. The van der Waals surface area contributed by atoms with Crippen LogP contribution >= 0.6 is 0 Å². The van der Waals surface area contributed by atoms with Gasteiger partial charge in [0.15, 0.2) is 0 Å². The SMILES string of the molecule is O=C(O)CCNCc1ccn(-c2ccccc2)n1. The topological polar surface area (TPSA) is 67.2 Å². The fourth-order valence-electron chi connectivity index (χ4n) is 1.59. The van der Waals surface area contributed by atoms with Crippen molar-refractivity contribution in [1.29, 1.82) is 0 Å². The van der Waals surface area contributed by atoms with Gasteiger partial charge in [-0.2, -0.15) is 5.10 Å². The minimum absolute atomic E-state index is 0.124. The Labute approximate surface area is 105 Å². The van der Waals surface area contributed by atoms with Gasteiger partial charge in [0, 0.05) is 19.3 Å². The van der Waals surface area contributed by atoms with Crippen molar-refractivity contribution >= 4 is 5.97 Å². The zero-order valence-electron chi connectivity index (χ0n) is 9.91. The summed E-state index contributed by atoms with van der Waals surface area (Å²) >= 11 is 0. The lowest BCUT2D eigenvalue weighted by molar-refractivity contribution is -0.136. The van der Waals surface area contributed by atoms with Crippen LogP contribution in [-0.4, -0.2) is 27.4 Å². The van der Waals surface area contributed by atoms with E-state index < -0.39 is 5.97 Å². The standard InChI is InChI=1S/C13H15N3O2/c17-13(18)6-8-14-10-11-7-9-16(15-11)12-4-2-1-3-5-12/h1-5,7,9,14H,6,8,10H2,(H,17,18). The van der Waals surface area contributed by atoms with Crippen LogP contribution in [0, 0.1) is 0 Å². The molecule has 0 atom stereocenters. The van der Waals surface area contributed by atoms with E-state index in [1.165, 1.54) is 0 Å². The van der Waals surface area contributed by atoms with E-state index >= 15 is 0 Å². The Bertz CT molecular complexity index is 508. The Morgan fingerprint density at radius 1 is 1.28 bits per heavy atom. The Balaban J connectivity index is 1.89. The van der Waals surface area contributed by atoms with Crippen molar-refractivity contribution in [3.63, 3.8) is 0 Å². The van der Waals surface area contributed by atoms with E-state index in [4.69, 9.17) is 5.11 Å². The van der Waals surface area contributed by atoms with Crippen LogP contribution in [0.1, 0.15) is 12.1 Å². The molecule has 18 heavy (non-hydrogen) atoms. The summed E-state index contributed by atoms with van der Waals surface area (Å²) in [5.74, 6) is -0.794. The molecule has 5 heteroatoms. The third-order valence-electron chi connectivity index (χ3n) is 2.49. The van der Waals surface area contributed by atoms with Crippen LogP contribution in [0.15, 0.2) is 42.6 Å². The van der Waals surface area contributed by atoms with Gasteiger partial charge in [0.2, 0.25) is 0 Å². The van der Waals surface area contributed by atoms with Crippen LogP contribution in [0.3, 0.4) is 0 Å². The molecule has 0 fully saturated rings. The molecule has 0 radical (unpaired) electrons. The number of benzene rings is 1. The van der Waals surface area contributed by atoms with E-state index in [1.54, 1.807) is 4.68 Å². The normalized spacial score (nSPS) is 10.4. The number of nitrogens with zero attached hydrogens (tertiary/aromatic N) is 2. The second-order valence-electron chi connectivity index (χ2n) is 3.91. The number of aliphatic carboxylic acids is 1. The maximum absolute atomic E-state index is 10.3. The van der Waals surface area contributed by atoms with Gasteiger partial charge in [-0.3, -0.25) is 4.79 Å². The summed E-state index contributed by atoms with van der Waals surface area (Å²) in [6.07, 6.45) is 2.02. The van der Waals surface area contributed by atoms with Crippen molar-refractivity contribution in [1.82, 2.24) is 15.1 Å². The number of carboxylic acid groups (broad SMARTS) is 1. The van der Waals surface area contributed by atoms with Crippen LogP contribution in [-0.2, 0) is 11.3 Å². The number of carbonyl (C=O) groups is 1. The van der Waals surface area contributed by atoms with Gasteiger partial charge < -0.3 is 10.4 Å². The zero-order valence-corrected chi connectivity index (χ0v) is 9.91. The van der Waals surface area contributed by atoms with Crippen LogP contribution < -0.4 is 5.32 Å². The van der Waals surface area contributed by atoms with Crippen molar-refractivity contribution in [2.45, 2.75) is 13.0 Å². The first-order chi connectivity index (χ1) is 8.75. The maximum Gasteiger partial charge on any atom is 0.304 e. The molecular formula is C13H15N3O2. The van der Waals surface area contributed by atoms with E-state index in [0.717, 1.165) is 11.4 Å². The Morgan fingerprint density at radius 2 is 2.06 bits per heavy atom. The maximum atomic E-state index is 10.3. The quantitative estimate of drug-likeness (QED) is 0.756. The van der Waals surface area contributed by atoms with Gasteiger partial charge in [-0.15, -0.1) is 0 Å². The number of aromatic nitrogens is 2. The first-order valence-electron chi connectivity index (χ1n) is 5.78. The lowest BCUT2D eigenvalue weighted by Gasteiger charge is -2.01. The first kappa shape index (κ1) is 12.3. The molecule has 0 aliphatic rings. The zero-order chi connectivity index (χ0) is 12.8. The van der Waals surface area contributed by atoms with E-state index in [0.29, 0.717) is 13.1 Å². The highest BCUT2D eigenvalue weighted by Crippen LogP contribution is 2.06. The van der Waals surface area contributed by atoms with Gasteiger partial charge in [0.25, 0.3) is 0 Å². The Morgan fingerprint density at radius 3 is 2.78 bits per heavy atom. The fraction of sp³-hybridized carbons (Fsp3) is 0.231. The third kappa shape index (κ3) is 3.43. The summed E-state index contributed by atoms with van der Waals surface area (Å²) in [6, 6.07) is 11.8. The van der Waals surface area contributed by atoms with E-state index in [1.807, 2.05) is 42.6 Å². The van der Waals surface area contributed by atoms with Gasteiger partial charge in [-0.1, -0.05) is 18.2 Å². The molecule has 0 aliphatic heterocycles. The highest BCUT2D eigenvalue weighted by atomic mass is 16.4.